The smallest absolute Gasteiger partial charge is 0.227 e. The van der Waals surface area contributed by atoms with E-state index in [-0.39, 0.29) is 24.2 Å². The average molecular weight is 398 g/mol. The molecule has 2 aromatic carbocycles. The van der Waals surface area contributed by atoms with E-state index in [1.807, 2.05) is 54.7 Å². The van der Waals surface area contributed by atoms with Gasteiger partial charge in [-0.25, -0.2) is 0 Å². The summed E-state index contributed by atoms with van der Waals surface area (Å²) in [6, 6.07) is 17.8. The Morgan fingerprint density at radius 3 is 2.93 bits per heavy atom. The number of carbonyl (C=O) groups excluding carboxylic acids is 2. The molecule has 1 aliphatic rings. The van der Waals surface area contributed by atoms with E-state index in [0.29, 0.717) is 13.1 Å². The third-order valence-corrected chi connectivity index (χ3v) is 5.77. The molecule has 6 nitrogen and oxygen atoms in total. The molecule has 30 heavy (non-hydrogen) atoms. The van der Waals surface area contributed by atoms with Gasteiger partial charge >= 0.3 is 0 Å². The zero-order valence-corrected chi connectivity index (χ0v) is 16.5. The summed E-state index contributed by atoms with van der Waals surface area (Å²) in [5, 5.41) is 5.17. The van der Waals surface area contributed by atoms with E-state index < -0.39 is 0 Å². The first-order chi connectivity index (χ1) is 14.7. The van der Waals surface area contributed by atoms with Gasteiger partial charge in [0.05, 0.1) is 17.1 Å². The van der Waals surface area contributed by atoms with Crippen LogP contribution >= 0.6 is 0 Å². The molecular formula is C24H22N4O2. The molecule has 150 valence electrons. The van der Waals surface area contributed by atoms with E-state index in [2.05, 4.69) is 21.4 Å². The van der Waals surface area contributed by atoms with Crippen LogP contribution in [0.2, 0.25) is 0 Å². The minimum absolute atomic E-state index is 0.0371. The molecule has 1 atom stereocenters. The van der Waals surface area contributed by atoms with Crippen LogP contribution in [0.5, 0.6) is 0 Å². The topological polar surface area (TPSA) is 78.1 Å². The number of hydrogen-bond donors (Lipinski definition) is 2. The molecule has 0 saturated carbocycles. The molecule has 1 unspecified atom stereocenters. The first-order valence-corrected chi connectivity index (χ1v) is 10.2. The minimum atomic E-state index is -0.348. The van der Waals surface area contributed by atoms with E-state index in [0.717, 1.165) is 28.5 Å². The van der Waals surface area contributed by atoms with Gasteiger partial charge in [0.25, 0.3) is 0 Å². The summed E-state index contributed by atoms with van der Waals surface area (Å²) in [4.78, 5) is 34.7. The lowest BCUT2D eigenvalue weighted by Gasteiger charge is -2.18. The molecule has 0 bridgehead atoms. The van der Waals surface area contributed by atoms with Gasteiger partial charge in [0.2, 0.25) is 11.8 Å². The number of pyridine rings is 1. The van der Waals surface area contributed by atoms with Crippen molar-refractivity contribution in [2.24, 2.45) is 5.92 Å². The third-order valence-electron chi connectivity index (χ3n) is 5.77. The number of rotatable bonds is 5. The molecule has 2 amide bonds. The molecule has 3 heterocycles. The summed E-state index contributed by atoms with van der Waals surface area (Å²) in [5.74, 6) is -0.455. The number of benzene rings is 2. The molecule has 0 radical (unpaired) electrons. The number of aromatic nitrogens is 2. The SMILES string of the molecule is O=C(NCCc1c[nH]c2ccccc12)C1CC(=O)N(c2cccc3cccnc23)C1. The van der Waals surface area contributed by atoms with Crippen molar-refractivity contribution in [1.82, 2.24) is 15.3 Å². The van der Waals surface area contributed by atoms with Crippen LogP contribution in [0, 0.1) is 5.92 Å². The lowest BCUT2D eigenvalue weighted by molar-refractivity contribution is -0.126. The van der Waals surface area contributed by atoms with Crippen molar-refractivity contribution >= 4 is 39.3 Å². The van der Waals surface area contributed by atoms with Gasteiger partial charge < -0.3 is 15.2 Å². The van der Waals surface area contributed by atoms with Crippen LogP contribution in [-0.2, 0) is 16.0 Å². The summed E-state index contributed by atoms with van der Waals surface area (Å²) < 4.78 is 0. The second-order valence-electron chi connectivity index (χ2n) is 7.66. The Morgan fingerprint density at radius 2 is 2.00 bits per heavy atom. The van der Waals surface area contributed by atoms with Crippen LogP contribution in [0.4, 0.5) is 5.69 Å². The highest BCUT2D eigenvalue weighted by Crippen LogP contribution is 2.30. The highest BCUT2D eigenvalue weighted by molar-refractivity contribution is 6.05. The van der Waals surface area contributed by atoms with Crippen molar-refractivity contribution in [3.63, 3.8) is 0 Å². The number of nitrogens with zero attached hydrogens (tertiary/aromatic N) is 2. The van der Waals surface area contributed by atoms with Gasteiger partial charge in [0.1, 0.15) is 0 Å². The molecule has 5 rings (SSSR count). The number of H-pyrrole nitrogens is 1. The number of carbonyl (C=O) groups is 2. The normalized spacial score (nSPS) is 16.5. The van der Waals surface area contributed by atoms with E-state index in [1.54, 1.807) is 11.1 Å². The van der Waals surface area contributed by atoms with Crippen LogP contribution < -0.4 is 10.2 Å². The Hall–Kier alpha value is -3.67. The second-order valence-corrected chi connectivity index (χ2v) is 7.66. The summed E-state index contributed by atoms with van der Waals surface area (Å²) >= 11 is 0. The molecule has 1 saturated heterocycles. The van der Waals surface area contributed by atoms with E-state index in [1.165, 1.54) is 10.9 Å². The number of aromatic amines is 1. The maximum atomic E-state index is 12.7. The van der Waals surface area contributed by atoms with E-state index >= 15 is 0 Å². The van der Waals surface area contributed by atoms with Gasteiger partial charge in [-0.3, -0.25) is 14.6 Å². The van der Waals surface area contributed by atoms with E-state index in [9.17, 15) is 9.59 Å². The molecule has 6 heteroatoms. The predicted octanol–water partition coefficient (Wildman–Crippen LogP) is 3.43. The van der Waals surface area contributed by atoms with Crippen molar-refractivity contribution in [2.45, 2.75) is 12.8 Å². The van der Waals surface area contributed by atoms with Gasteiger partial charge in [-0.15, -0.1) is 0 Å². The number of nitrogens with one attached hydrogen (secondary N) is 2. The zero-order valence-electron chi connectivity index (χ0n) is 16.5. The number of fused-ring (bicyclic) bond motifs is 2. The Balaban J connectivity index is 1.24. The van der Waals surface area contributed by atoms with Crippen LogP contribution in [0.25, 0.3) is 21.8 Å². The summed E-state index contributed by atoms with van der Waals surface area (Å²) in [5.41, 5.74) is 3.83. The minimum Gasteiger partial charge on any atom is -0.361 e. The summed E-state index contributed by atoms with van der Waals surface area (Å²) in [6.07, 6.45) is 4.68. The summed E-state index contributed by atoms with van der Waals surface area (Å²) in [6.45, 7) is 0.925. The van der Waals surface area contributed by atoms with Crippen LogP contribution in [0.1, 0.15) is 12.0 Å². The van der Waals surface area contributed by atoms with Gasteiger partial charge in [-0.05, 0) is 30.2 Å². The molecule has 1 aliphatic heterocycles. The van der Waals surface area contributed by atoms with Crippen LogP contribution in [-0.4, -0.2) is 34.9 Å². The standard InChI is InChI=1S/C24H22N4O2/c29-22-13-18(15-28(22)21-9-3-5-16-6-4-11-25-23(16)21)24(30)26-12-10-17-14-27-20-8-2-1-7-19(17)20/h1-9,11,14,18,27H,10,12-13,15H2,(H,26,30). The predicted molar refractivity (Wildman–Crippen MR) is 117 cm³/mol. The zero-order chi connectivity index (χ0) is 20.5. The molecule has 0 aliphatic carbocycles. The fourth-order valence-corrected chi connectivity index (χ4v) is 4.23. The Labute approximate surface area is 173 Å². The van der Waals surface area contributed by atoms with Crippen molar-refractivity contribution in [2.75, 3.05) is 18.0 Å². The molecule has 0 spiro atoms. The van der Waals surface area contributed by atoms with Crippen LogP contribution in [0.15, 0.2) is 67.0 Å². The number of anilines is 1. The van der Waals surface area contributed by atoms with Gasteiger partial charge in [0, 0.05) is 48.2 Å². The second kappa shape index (κ2) is 7.63. The highest BCUT2D eigenvalue weighted by atomic mass is 16.2. The Morgan fingerprint density at radius 1 is 1.13 bits per heavy atom. The fourth-order valence-electron chi connectivity index (χ4n) is 4.23. The third kappa shape index (κ3) is 3.30. The van der Waals surface area contributed by atoms with Crippen LogP contribution in [0.3, 0.4) is 0 Å². The van der Waals surface area contributed by atoms with Gasteiger partial charge in [-0.2, -0.15) is 0 Å². The quantitative estimate of drug-likeness (QED) is 0.541. The van der Waals surface area contributed by atoms with Crippen molar-refractivity contribution < 1.29 is 9.59 Å². The molecule has 4 aromatic rings. The molecular weight excluding hydrogens is 376 g/mol. The largest absolute Gasteiger partial charge is 0.361 e. The maximum Gasteiger partial charge on any atom is 0.227 e. The van der Waals surface area contributed by atoms with Crippen molar-refractivity contribution in [1.29, 1.82) is 0 Å². The van der Waals surface area contributed by atoms with Gasteiger partial charge in [0.15, 0.2) is 0 Å². The molecule has 2 N–H and O–H groups in total. The summed E-state index contributed by atoms with van der Waals surface area (Å²) in [7, 11) is 0. The van der Waals surface area contributed by atoms with Gasteiger partial charge in [-0.1, -0.05) is 36.4 Å². The lowest BCUT2D eigenvalue weighted by Crippen LogP contribution is -2.34. The number of para-hydroxylation sites is 2. The number of amides is 2. The van der Waals surface area contributed by atoms with Crippen molar-refractivity contribution in [3.05, 3.63) is 72.6 Å². The fraction of sp³-hybridized carbons (Fsp3) is 0.208. The first-order valence-electron chi connectivity index (χ1n) is 10.2. The molecule has 2 aromatic heterocycles. The highest BCUT2D eigenvalue weighted by Gasteiger charge is 2.35. The van der Waals surface area contributed by atoms with Crippen molar-refractivity contribution in [3.8, 4) is 0 Å². The monoisotopic (exact) mass is 398 g/mol. The van der Waals surface area contributed by atoms with E-state index in [4.69, 9.17) is 0 Å². The Bertz CT molecular complexity index is 1240. The average Bonchev–Trinajstić information content (AvgIpc) is 3.37. The Kier molecular flexibility index (Phi) is 4.67. The molecule has 1 fully saturated rings. The lowest BCUT2D eigenvalue weighted by atomic mass is 10.1. The first kappa shape index (κ1) is 18.4. The maximum absolute atomic E-state index is 12.7. The number of hydrogen-bond acceptors (Lipinski definition) is 3.